The van der Waals surface area contributed by atoms with Gasteiger partial charge >= 0.3 is 0 Å². The van der Waals surface area contributed by atoms with Crippen LogP contribution in [-0.2, 0) is 0 Å². The summed E-state index contributed by atoms with van der Waals surface area (Å²) in [5, 5.41) is 8.33. The molecule has 0 fully saturated rings. The number of carbonyl (C=O) groups excluding carboxylic acids is 1. The van der Waals surface area contributed by atoms with Gasteiger partial charge in [0.1, 0.15) is 5.56 Å². The molecule has 1 amide bonds. The van der Waals surface area contributed by atoms with Crippen LogP contribution >= 0.6 is 15.9 Å². The fourth-order valence-electron chi connectivity index (χ4n) is 4.78. The van der Waals surface area contributed by atoms with E-state index in [0.29, 0.717) is 37.8 Å². The largest absolute Gasteiger partial charge is 0.381 e. The average molecular weight is 604 g/mol. The van der Waals surface area contributed by atoms with Crippen molar-refractivity contribution >= 4 is 44.1 Å². The predicted octanol–water partition coefficient (Wildman–Crippen LogP) is 4.66. The summed E-state index contributed by atoms with van der Waals surface area (Å²) in [5.41, 5.74) is 8.91. The van der Waals surface area contributed by atoms with E-state index in [0.717, 1.165) is 5.56 Å². The standard InChI is InChI=1S/C31H22BrN7O2/c1-19(36-30(40)25-28(33)37-38-18-6-15-35-29(25)38)27-26(32)23-10-5-7-21(12-11-20-13-16-34-17-14-20)24(23)31(41)39(27)22-8-3-2-4-9-22/h2-10,13-19H,1H3,(H2,33,37)(H,36,40)/t19-/m1/s1. The summed E-state index contributed by atoms with van der Waals surface area (Å²) in [6.07, 6.45) is 6.58. The van der Waals surface area contributed by atoms with Crippen molar-refractivity contribution in [3.8, 4) is 17.5 Å². The van der Waals surface area contributed by atoms with Crippen LogP contribution < -0.4 is 16.6 Å². The molecule has 200 valence electrons. The van der Waals surface area contributed by atoms with Gasteiger partial charge in [0.15, 0.2) is 11.5 Å². The van der Waals surface area contributed by atoms with Gasteiger partial charge in [0.2, 0.25) is 0 Å². The van der Waals surface area contributed by atoms with Crippen LogP contribution in [0.1, 0.15) is 40.1 Å². The number of nitrogens with zero attached hydrogens (tertiary/aromatic N) is 5. The predicted molar refractivity (Wildman–Crippen MR) is 161 cm³/mol. The van der Waals surface area contributed by atoms with Crippen molar-refractivity contribution in [2.24, 2.45) is 0 Å². The normalized spacial score (nSPS) is 11.7. The number of amides is 1. The summed E-state index contributed by atoms with van der Waals surface area (Å²) in [4.78, 5) is 36.1. The molecule has 6 rings (SSSR count). The van der Waals surface area contributed by atoms with Gasteiger partial charge in [-0.15, -0.1) is 5.10 Å². The number of fused-ring (bicyclic) bond motifs is 2. The van der Waals surface area contributed by atoms with Crippen LogP contribution in [0.3, 0.4) is 0 Å². The number of carbonyl (C=O) groups is 1. The monoisotopic (exact) mass is 603 g/mol. The van der Waals surface area contributed by atoms with E-state index >= 15 is 0 Å². The summed E-state index contributed by atoms with van der Waals surface area (Å²) < 4.78 is 3.71. The number of halogens is 1. The lowest BCUT2D eigenvalue weighted by atomic mass is 10.0. The molecule has 0 saturated heterocycles. The Morgan fingerprint density at radius 3 is 2.56 bits per heavy atom. The Balaban J connectivity index is 1.52. The Hall–Kier alpha value is -5.27. The molecular weight excluding hydrogens is 582 g/mol. The number of aromatic nitrogens is 5. The molecule has 0 bridgehead atoms. The van der Waals surface area contributed by atoms with E-state index in [1.165, 1.54) is 4.52 Å². The second-order valence-electron chi connectivity index (χ2n) is 9.23. The first kappa shape index (κ1) is 26.0. The summed E-state index contributed by atoms with van der Waals surface area (Å²) in [6, 6.07) is 19.5. The van der Waals surface area contributed by atoms with Crippen LogP contribution in [0, 0.1) is 11.8 Å². The number of nitrogens with one attached hydrogen (secondary N) is 1. The topological polar surface area (TPSA) is 120 Å². The summed E-state index contributed by atoms with van der Waals surface area (Å²) in [5.74, 6) is 5.88. The van der Waals surface area contributed by atoms with Gasteiger partial charge in [0.25, 0.3) is 11.5 Å². The summed E-state index contributed by atoms with van der Waals surface area (Å²) in [7, 11) is 0. The van der Waals surface area contributed by atoms with Crippen LogP contribution in [0.15, 0.2) is 101 Å². The number of pyridine rings is 2. The number of hydrogen-bond acceptors (Lipinski definition) is 6. The van der Waals surface area contributed by atoms with Gasteiger partial charge < -0.3 is 11.1 Å². The van der Waals surface area contributed by atoms with Crippen molar-refractivity contribution < 1.29 is 4.79 Å². The fourth-order valence-corrected chi connectivity index (χ4v) is 5.63. The first-order valence-electron chi connectivity index (χ1n) is 12.7. The van der Waals surface area contributed by atoms with E-state index in [9.17, 15) is 9.59 Å². The third-order valence-corrected chi connectivity index (χ3v) is 7.46. The van der Waals surface area contributed by atoms with Gasteiger partial charge in [-0.25, -0.2) is 9.50 Å². The highest BCUT2D eigenvalue weighted by Crippen LogP contribution is 2.33. The van der Waals surface area contributed by atoms with Gasteiger partial charge in [0, 0.05) is 51.5 Å². The Labute approximate surface area is 242 Å². The van der Waals surface area contributed by atoms with E-state index in [1.54, 1.807) is 35.4 Å². The third kappa shape index (κ3) is 4.73. The number of para-hydroxylation sites is 1. The molecule has 4 heterocycles. The molecule has 0 radical (unpaired) electrons. The molecule has 41 heavy (non-hydrogen) atoms. The summed E-state index contributed by atoms with van der Waals surface area (Å²) >= 11 is 3.77. The Morgan fingerprint density at radius 2 is 1.78 bits per heavy atom. The maximum atomic E-state index is 14.3. The number of benzene rings is 2. The molecule has 2 aromatic carbocycles. The first-order chi connectivity index (χ1) is 19.9. The highest BCUT2D eigenvalue weighted by atomic mass is 79.9. The quantitative estimate of drug-likeness (QED) is 0.283. The first-order valence-corrected chi connectivity index (χ1v) is 13.5. The minimum absolute atomic E-state index is 0.0591. The van der Waals surface area contributed by atoms with E-state index in [1.807, 2.05) is 67.6 Å². The Morgan fingerprint density at radius 1 is 1.00 bits per heavy atom. The number of anilines is 1. The molecule has 0 aliphatic rings. The van der Waals surface area contributed by atoms with Crippen molar-refractivity contribution in [1.82, 2.24) is 29.5 Å². The SMILES string of the molecule is C[C@@H](NC(=O)c1c(N)nn2cccnc12)c1c(Br)c2cccc(C#Cc3ccncc3)c2c(=O)n1-c1ccccc1. The van der Waals surface area contributed by atoms with Crippen LogP contribution in [0.25, 0.3) is 22.1 Å². The molecule has 0 spiro atoms. The van der Waals surface area contributed by atoms with E-state index in [-0.39, 0.29) is 16.9 Å². The maximum absolute atomic E-state index is 14.3. The molecule has 3 N–H and O–H groups in total. The molecule has 1 atom stereocenters. The van der Waals surface area contributed by atoms with Gasteiger partial charge in [0.05, 0.1) is 17.1 Å². The van der Waals surface area contributed by atoms with Gasteiger partial charge in [-0.3, -0.25) is 19.1 Å². The molecule has 9 nitrogen and oxygen atoms in total. The van der Waals surface area contributed by atoms with Crippen LogP contribution in [-0.4, -0.2) is 30.1 Å². The lowest BCUT2D eigenvalue weighted by Crippen LogP contribution is -2.33. The lowest BCUT2D eigenvalue weighted by molar-refractivity contribution is 0.0941. The number of nitrogens with two attached hydrogens (primary N) is 1. The second-order valence-corrected chi connectivity index (χ2v) is 10.0. The van der Waals surface area contributed by atoms with E-state index in [2.05, 4.69) is 48.2 Å². The van der Waals surface area contributed by atoms with Gasteiger partial charge in [-0.2, -0.15) is 0 Å². The van der Waals surface area contributed by atoms with Crippen molar-refractivity contribution in [2.45, 2.75) is 13.0 Å². The van der Waals surface area contributed by atoms with E-state index in [4.69, 9.17) is 5.73 Å². The smallest absolute Gasteiger partial charge is 0.264 e. The molecule has 6 aromatic rings. The third-order valence-electron chi connectivity index (χ3n) is 6.63. The van der Waals surface area contributed by atoms with Crippen molar-refractivity contribution in [1.29, 1.82) is 0 Å². The molecule has 0 unspecified atom stereocenters. The summed E-state index contributed by atoms with van der Waals surface area (Å²) in [6.45, 7) is 1.81. The van der Waals surface area contributed by atoms with Crippen molar-refractivity contribution in [2.75, 3.05) is 5.73 Å². The molecule has 0 aliphatic carbocycles. The molecular formula is C31H22BrN7O2. The Kier molecular flexibility index (Phi) is 6.79. The molecule has 4 aromatic heterocycles. The maximum Gasteiger partial charge on any atom is 0.264 e. The Bertz CT molecular complexity index is 2060. The van der Waals surface area contributed by atoms with Crippen molar-refractivity contribution in [3.05, 3.63) is 129 Å². The number of rotatable bonds is 4. The minimum Gasteiger partial charge on any atom is -0.381 e. The molecule has 0 saturated carbocycles. The highest BCUT2D eigenvalue weighted by Gasteiger charge is 2.26. The lowest BCUT2D eigenvalue weighted by Gasteiger charge is -2.23. The van der Waals surface area contributed by atoms with Crippen LogP contribution in [0.4, 0.5) is 5.82 Å². The van der Waals surface area contributed by atoms with Crippen LogP contribution in [0.2, 0.25) is 0 Å². The highest BCUT2D eigenvalue weighted by molar-refractivity contribution is 9.10. The number of hydrogen-bond donors (Lipinski definition) is 2. The van der Waals surface area contributed by atoms with Gasteiger partial charge in [-0.05, 0) is 59.3 Å². The number of nitrogen functional groups attached to an aromatic ring is 1. The van der Waals surface area contributed by atoms with Crippen molar-refractivity contribution in [3.63, 3.8) is 0 Å². The van der Waals surface area contributed by atoms with Gasteiger partial charge in [-0.1, -0.05) is 42.2 Å². The molecule has 0 aliphatic heterocycles. The average Bonchev–Trinajstić information content (AvgIpc) is 3.34. The van der Waals surface area contributed by atoms with Crippen LogP contribution in [0.5, 0.6) is 0 Å². The van der Waals surface area contributed by atoms with E-state index < -0.39 is 11.9 Å². The molecule has 10 heteroatoms. The zero-order chi connectivity index (χ0) is 28.5. The fraction of sp³-hybridized carbons (Fsp3) is 0.0645. The second kappa shape index (κ2) is 10.7. The zero-order valence-corrected chi connectivity index (χ0v) is 23.3. The minimum atomic E-state index is -0.626. The zero-order valence-electron chi connectivity index (χ0n) is 21.7.